The number of pyridine rings is 2. The Balaban J connectivity index is 2.13. The summed E-state index contributed by atoms with van der Waals surface area (Å²) in [7, 11) is 0. The molecule has 0 aliphatic carbocycles. The van der Waals surface area contributed by atoms with Crippen LogP contribution in [0.2, 0.25) is 0 Å². The van der Waals surface area contributed by atoms with Gasteiger partial charge in [-0.2, -0.15) is 0 Å². The smallest absolute Gasteiger partial charge is 0.123 e. The van der Waals surface area contributed by atoms with Crippen LogP contribution in [0, 0.1) is 6.92 Å². The van der Waals surface area contributed by atoms with E-state index >= 15 is 0 Å². The van der Waals surface area contributed by atoms with Crippen molar-refractivity contribution in [2.75, 3.05) is 5.73 Å². The molecule has 3 heteroatoms. The summed E-state index contributed by atoms with van der Waals surface area (Å²) in [4.78, 5) is 8.43. The topological polar surface area (TPSA) is 51.8 Å². The van der Waals surface area contributed by atoms with Gasteiger partial charge in [0.1, 0.15) is 5.82 Å². The van der Waals surface area contributed by atoms with Gasteiger partial charge >= 0.3 is 0 Å². The number of hydrogen-bond acceptors (Lipinski definition) is 3. The van der Waals surface area contributed by atoms with E-state index < -0.39 is 0 Å². The van der Waals surface area contributed by atoms with Gasteiger partial charge in [-0.25, -0.2) is 4.98 Å². The predicted octanol–water partition coefficient (Wildman–Crippen LogP) is 3.19. The third kappa shape index (κ3) is 1.91. The number of anilines is 1. The molecule has 2 N–H and O–H groups in total. The van der Waals surface area contributed by atoms with Crippen LogP contribution in [0.5, 0.6) is 0 Å². The molecule has 0 bridgehead atoms. The Morgan fingerprint density at radius 3 is 2.44 bits per heavy atom. The number of nitrogens with zero attached hydrogens (tertiary/aromatic N) is 2. The third-order valence-electron chi connectivity index (χ3n) is 2.99. The highest BCUT2D eigenvalue weighted by Crippen LogP contribution is 2.24. The molecule has 0 aliphatic heterocycles. The van der Waals surface area contributed by atoms with Crippen molar-refractivity contribution in [1.82, 2.24) is 9.97 Å². The first-order valence-corrected chi connectivity index (χ1v) is 5.81. The molecule has 0 spiro atoms. The second-order valence-electron chi connectivity index (χ2n) is 4.36. The molecule has 18 heavy (non-hydrogen) atoms. The van der Waals surface area contributed by atoms with E-state index in [1.165, 1.54) is 0 Å². The highest BCUT2D eigenvalue weighted by atomic mass is 14.8. The highest BCUT2D eigenvalue weighted by Gasteiger charge is 2.01. The lowest BCUT2D eigenvalue weighted by Gasteiger charge is -2.04. The number of fused-ring (bicyclic) bond motifs is 1. The molecule has 3 aromatic rings. The Hall–Kier alpha value is -2.42. The third-order valence-corrected chi connectivity index (χ3v) is 2.99. The Bertz CT molecular complexity index is 703. The first kappa shape index (κ1) is 10.7. The van der Waals surface area contributed by atoms with Gasteiger partial charge in [0.25, 0.3) is 0 Å². The maximum atomic E-state index is 5.67. The van der Waals surface area contributed by atoms with Crippen molar-refractivity contribution in [3.8, 4) is 11.1 Å². The second-order valence-corrected chi connectivity index (χ2v) is 4.36. The van der Waals surface area contributed by atoms with Crippen molar-refractivity contribution in [3.05, 3.63) is 54.5 Å². The fourth-order valence-electron chi connectivity index (χ4n) is 1.98. The van der Waals surface area contributed by atoms with Crippen LogP contribution in [-0.2, 0) is 0 Å². The number of hydrogen-bond donors (Lipinski definition) is 1. The van der Waals surface area contributed by atoms with E-state index in [2.05, 4.69) is 34.2 Å². The SMILES string of the molecule is Cc1ccc(-c2ccc3cc(N)ncc3c2)cn1. The molecule has 2 aromatic heterocycles. The molecule has 0 fully saturated rings. The summed E-state index contributed by atoms with van der Waals surface area (Å²) in [5.41, 5.74) is 8.94. The minimum absolute atomic E-state index is 0.548. The lowest BCUT2D eigenvalue weighted by molar-refractivity contribution is 1.20. The van der Waals surface area contributed by atoms with Gasteiger partial charge in [-0.3, -0.25) is 4.98 Å². The molecule has 1 aromatic carbocycles. The molecule has 0 amide bonds. The molecular formula is C15H13N3. The van der Waals surface area contributed by atoms with Gasteiger partial charge in [0, 0.05) is 29.0 Å². The summed E-state index contributed by atoms with van der Waals surface area (Å²) in [5.74, 6) is 0.548. The molecule has 0 atom stereocenters. The number of benzene rings is 1. The van der Waals surface area contributed by atoms with Gasteiger partial charge < -0.3 is 5.73 Å². The van der Waals surface area contributed by atoms with Crippen LogP contribution in [0.15, 0.2) is 48.8 Å². The second kappa shape index (κ2) is 4.11. The fraction of sp³-hybridized carbons (Fsp3) is 0.0667. The van der Waals surface area contributed by atoms with Gasteiger partial charge in [0.05, 0.1) is 0 Å². The van der Waals surface area contributed by atoms with E-state index in [1.54, 1.807) is 6.20 Å². The summed E-state index contributed by atoms with van der Waals surface area (Å²) >= 11 is 0. The van der Waals surface area contributed by atoms with Crippen LogP contribution < -0.4 is 5.73 Å². The zero-order valence-electron chi connectivity index (χ0n) is 10.1. The van der Waals surface area contributed by atoms with Crippen LogP contribution in [-0.4, -0.2) is 9.97 Å². The van der Waals surface area contributed by atoms with Gasteiger partial charge in [-0.1, -0.05) is 18.2 Å². The zero-order valence-corrected chi connectivity index (χ0v) is 10.1. The fourth-order valence-corrected chi connectivity index (χ4v) is 1.98. The summed E-state index contributed by atoms with van der Waals surface area (Å²) in [6, 6.07) is 12.2. The standard InChI is InChI=1S/C15H13N3/c1-10-2-3-13(8-17-10)11-4-5-12-7-15(16)18-9-14(12)6-11/h2-9H,1H3,(H2,16,18). The summed E-state index contributed by atoms with van der Waals surface area (Å²) in [6.07, 6.45) is 3.69. The Kier molecular flexibility index (Phi) is 2.45. The van der Waals surface area contributed by atoms with Crippen molar-refractivity contribution < 1.29 is 0 Å². The first-order chi connectivity index (χ1) is 8.72. The number of nitrogens with two attached hydrogens (primary N) is 1. The summed E-state index contributed by atoms with van der Waals surface area (Å²) in [6.45, 7) is 1.98. The van der Waals surface area contributed by atoms with Crippen molar-refractivity contribution in [3.63, 3.8) is 0 Å². The molecule has 3 nitrogen and oxygen atoms in total. The molecule has 0 saturated carbocycles. The van der Waals surface area contributed by atoms with E-state index in [4.69, 9.17) is 5.73 Å². The van der Waals surface area contributed by atoms with E-state index in [0.29, 0.717) is 5.82 Å². The summed E-state index contributed by atoms with van der Waals surface area (Å²) in [5, 5.41) is 2.19. The predicted molar refractivity (Wildman–Crippen MR) is 74.1 cm³/mol. The molecule has 0 aliphatic rings. The maximum Gasteiger partial charge on any atom is 0.123 e. The zero-order chi connectivity index (χ0) is 12.5. The van der Waals surface area contributed by atoms with Crippen molar-refractivity contribution >= 4 is 16.6 Å². The molecule has 0 unspecified atom stereocenters. The maximum absolute atomic E-state index is 5.67. The molecule has 0 saturated heterocycles. The Morgan fingerprint density at radius 1 is 0.833 bits per heavy atom. The van der Waals surface area contributed by atoms with Crippen LogP contribution in [0.25, 0.3) is 21.9 Å². The van der Waals surface area contributed by atoms with Crippen LogP contribution in [0.1, 0.15) is 5.69 Å². The minimum Gasteiger partial charge on any atom is -0.384 e. The highest BCUT2D eigenvalue weighted by molar-refractivity contribution is 5.88. The molecule has 3 rings (SSSR count). The minimum atomic E-state index is 0.548. The van der Waals surface area contributed by atoms with E-state index in [1.807, 2.05) is 25.3 Å². The van der Waals surface area contributed by atoms with Crippen LogP contribution >= 0.6 is 0 Å². The number of aromatic nitrogens is 2. The lowest BCUT2D eigenvalue weighted by atomic mass is 10.0. The molecule has 2 heterocycles. The average Bonchev–Trinajstić information content (AvgIpc) is 2.39. The quantitative estimate of drug-likeness (QED) is 0.704. The van der Waals surface area contributed by atoms with Crippen LogP contribution in [0.4, 0.5) is 5.82 Å². The summed E-state index contributed by atoms with van der Waals surface area (Å²) < 4.78 is 0. The van der Waals surface area contributed by atoms with E-state index in [0.717, 1.165) is 27.6 Å². The normalized spacial score (nSPS) is 10.7. The van der Waals surface area contributed by atoms with Crippen LogP contribution in [0.3, 0.4) is 0 Å². The molecule has 88 valence electrons. The van der Waals surface area contributed by atoms with Gasteiger partial charge in [-0.05, 0) is 36.1 Å². The van der Waals surface area contributed by atoms with Crippen molar-refractivity contribution in [2.24, 2.45) is 0 Å². The number of aryl methyl sites for hydroxylation is 1. The Labute approximate surface area is 105 Å². The van der Waals surface area contributed by atoms with Gasteiger partial charge in [0.15, 0.2) is 0 Å². The van der Waals surface area contributed by atoms with Crippen molar-refractivity contribution in [1.29, 1.82) is 0 Å². The molecule has 0 radical (unpaired) electrons. The van der Waals surface area contributed by atoms with E-state index in [9.17, 15) is 0 Å². The number of rotatable bonds is 1. The molecular weight excluding hydrogens is 222 g/mol. The van der Waals surface area contributed by atoms with Gasteiger partial charge in [0.2, 0.25) is 0 Å². The van der Waals surface area contributed by atoms with Crippen molar-refractivity contribution in [2.45, 2.75) is 6.92 Å². The van der Waals surface area contributed by atoms with E-state index in [-0.39, 0.29) is 0 Å². The largest absolute Gasteiger partial charge is 0.384 e. The Morgan fingerprint density at radius 2 is 1.67 bits per heavy atom. The monoisotopic (exact) mass is 235 g/mol. The van der Waals surface area contributed by atoms with Gasteiger partial charge in [-0.15, -0.1) is 0 Å². The first-order valence-electron chi connectivity index (χ1n) is 5.81. The lowest BCUT2D eigenvalue weighted by Crippen LogP contribution is -1.89. The number of nitrogen functional groups attached to an aromatic ring is 1. The average molecular weight is 235 g/mol.